The third kappa shape index (κ3) is 5.15. The number of para-hydroxylation sites is 2. The summed E-state index contributed by atoms with van der Waals surface area (Å²) in [5, 5.41) is 3.68. The number of rotatable bonds is 7. The van der Waals surface area contributed by atoms with Crippen LogP contribution in [0.25, 0.3) is 11.4 Å². The molecule has 2 heterocycles. The Balaban J connectivity index is 1.46. The molecular weight excluding hydrogens is 458 g/mol. The second-order valence-electron chi connectivity index (χ2n) is 8.14. The molecule has 5 rings (SSSR count). The zero-order valence-corrected chi connectivity index (χ0v) is 20.4. The van der Waals surface area contributed by atoms with Gasteiger partial charge in [0.1, 0.15) is 16.5 Å². The van der Waals surface area contributed by atoms with Crippen LogP contribution in [0, 0.1) is 6.92 Å². The van der Waals surface area contributed by atoms with Gasteiger partial charge in [0.15, 0.2) is 5.82 Å². The molecule has 0 radical (unpaired) electrons. The van der Waals surface area contributed by atoms with Crippen molar-refractivity contribution >= 4 is 23.4 Å². The lowest BCUT2D eigenvalue weighted by molar-refractivity contribution is -0.113. The van der Waals surface area contributed by atoms with Gasteiger partial charge in [0.25, 0.3) is 0 Å². The number of aryl methyl sites for hydroxylation is 1. The van der Waals surface area contributed by atoms with Crippen molar-refractivity contribution in [1.82, 2.24) is 9.97 Å². The molecule has 6 nitrogen and oxygen atoms in total. The van der Waals surface area contributed by atoms with Gasteiger partial charge in [0, 0.05) is 17.7 Å². The molecule has 0 saturated carbocycles. The van der Waals surface area contributed by atoms with E-state index in [1.54, 1.807) is 0 Å². The molecule has 0 saturated heterocycles. The van der Waals surface area contributed by atoms with E-state index in [9.17, 15) is 4.79 Å². The number of fused-ring (bicyclic) bond motifs is 2. The van der Waals surface area contributed by atoms with E-state index >= 15 is 0 Å². The SMILES string of the molecule is CCOc1ccc(-c2nc3c(c(SCC(=O)Nc4ccccc4)n2)Cc2cccc(C)c2O3)cc1. The Bertz CT molecular complexity index is 1360. The molecule has 0 unspecified atom stereocenters. The number of nitrogens with one attached hydrogen (secondary N) is 1. The highest BCUT2D eigenvalue weighted by Gasteiger charge is 2.25. The van der Waals surface area contributed by atoms with Crippen molar-refractivity contribution in [3.63, 3.8) is 0 Å². The standard InChI is InChI=1S/C28H25N3O3S/c1-3-33-22-14-12-19(13-15-22)26-30-27-23(16-20-9-7-8-18(2)25(20)34-27)28(31-26)35-17-24(32)29-21-10-5-4-6-11-21/h4-15H,3,16-17H2,1-2H3,(H,29,32). The number of benzene rings is 3. The van der Waals surface area contributed by atoms with Crippen LogP contribution in [-0.2, 0) is 11.2 Å². The first-order valence-electron chi connectivity index (χ1n) is 11.5. The highest BCUT2D eigenvalue weighted by molar-refractivity contribution is 8.00. The Hall–Kier alpha value is -3.84. The van der Waals surface area contributed by atoms with Crippen molar-refractivity contribution in [2.75, 3.05) is 17.7 Å². The van der Waals surface area contributed by atoms with Crippen molar-refractivity contribution in [3.8, 4) is 28.8 Å². The fourth-order valence-corrected chi connectivity index (χ4v) is 4.76. The van der Waals surface area contributed by atoms with Crippen molar-refractivity contribution in [2.24, 2.45) is 0 Å². The Labute approximate surface area is 208 Å². The average Bonchev–Trinajstić information content (AvgIpc) is 2.88. The van der Waals surface area contributed by atoms with E-state index in [1.165, 1.54) is 11.8 Å². The molecule has 35 heavy (non-hydrogen) atoms. The Morgan fingerprint density at radius 3 is 2.60 bits per heavy atom. The summed E-state index contributed by atoms with van der Waals surface area (Å²) in [5.41, 5.74) is 4.67. The van der Waals surface area contributed by atoms with E-state index in [1.807, 2.05) is 80.6 Å². The molecule has 1 aliphatic heterocycles. The molecule has 176 valence electrons. The van der Waals surface area contributed by atoms with Gasteiger partial charge in [-0.1, -0.05) is 48.2 Å². The fourth-order valence-electron chi connectivity index (χ4n) is 3.93. The van der Waals surface area contributed by atoms with Crippen molar-refractivity contribution in [1.29, 1.82) is 0 Å². The van der Waals surface area contributed by atoms with Crippen LogP contribution in [0.3, 0.4) is 0 Å². The summed E-state index contributed by atoms with van der Waals surface area (Å²) in [6, 6.07) is 23.2. The maximum Gasteiger partial charge on any atom is 0.234 e. The van der Waals surface area contributed by atoms with Crippen LogP contribution in [0.1, 0.15) is 23.6 Å². The number of carbonyl (C=O) groups is 1. The lowest BCUT2D eigenvalue weighted by Crippen LogP contribution is -2.15. The van der Waals surface area contributed by atoms with E-state index in [0.29, 0.717) is 24.7 Å². The summed E-state index contributed by atoms with van der Waals surface area (Å²) >= 11 is 1.39. The van der Waals surface area contributed by atoms with Crippen molar-refractivity contribution < 1.29 is 14.3 Å². The summed E-state index contributed by atoms with van der Waals surface area (Å²) in [6.45, 7) is 4.59. The third-order valence-electron chi connectivity index (χ3n) is 5.61. The van der Waals surface area contributed by atoms with Gasteiger partial charge < -0.3 is 14.8 Å². The number of anilines is 1. The summed E-state index contributed by atoms with van der Waals surface area (Å²) in [7, 11) is 0. The van der Waals surface area contributed by atoms with E-state index in [4.69, 9.17) is 19.4 Å². The molecule has 7 heteroatoms. The van der Waals surface area contributed by atoms with Crippen LogP contribution < -0.4 is 14.8 Å². The zero-order chi connectivity index (χ0) is 24.2. The molecule has 0 atom stereocenters. The molecule has 0 bridgehead atoms. The van der Waals surface area contributed by atoms with E-state index in [2.05, 4.69) is 11.4 Å². The van der Waals surface area contributed by atoms with Gasteiger partial charge in [0.05, 0.1) is 17.9 Å². The predicted octanol–water partition coefficient (Wildman–Crippen LogP) is 6.28. The van der Waals surface area contributed by atoms with Gasteiger partial charge in [-0.05, 0) is 61.4 Å². The zero-order valence-electron chi connectivity index (χ0n) is 19.6. The molecule has 3 aromatic carbocycles. The number of carbonyl (C=O) groups excluding carboxylic acids is 1. The quantitative estimate of drug-likeness (QED) is 0.217. The molecule has 0 aliphatic carbocycles. The Kier molecular flexibility index (Phi) is 6.68. The lowest BCUT2D eigenvalue weighted by atomic mass is 10.0. The number of amides is 1. The van der Waals surface area contributed by atoms with Crippen LogP contribution in [0.2, 0.25) is 0 Å². The topological polar surface area (TPSA) is 73.3 Å². The first-order valence-corrected chi connectivity index (χ1v) is 12.5. The first-order chi connectivity index (χ1) is 17.1. The first kappa shape index (κ1) is 22.9. The van der Waals surface area contributed by atoms with Crippen LogP contribution in [0.15, 0.2) is 77.8 Å². The smallest absolute Gasteiger partial charge is 0.234 e. The minimum atomic E-state index is -0.0934. The van der Waals surface area contributed by atoms with Crippen LogP contribution in [0.5, 0.6) is 17.4 Å². The summed E-state index contributed by atoms with van der Waals surface area (Å²) < 4.78 is 11.8. The van der Waals surface area contributed by atoms with Crippen molar-refractivity contribution in [2.45, 2.75) is 25.3 Å². The Morgan fingerprint density at radius 1 is 1.03 bits per heavy atom. The third-order valence-corrected chi connectivity index (χ3v) is 6.63. The maximum absolute atomic E-state index is 12.6. The van der Waals surface area contributed by atoms with Crippen molar-refractivity contribution in [3.05, 3.63) is 89.5 Å². The largest absolute Gasteiger partial charge is 0.494 e. The fraction of sp³-hybridized carbons (Fsp3) is 0.179. The number of aromatic nitrogens is 2. The van der Waals surface area contributed by atoms with Crippen LogP contribution in [-0.4, -0.2) is 28.2 Å². The highest BCUT2D eigenvalue weighted by Crippen LogP contribution is 2.41. The highest BCUT2D eigenvalue weighted by atomic mass is 32.2. The van der Waals surface area contributed by atoms with Gasteiger partial charge in [-0.2, -0.15) is 4.98 Å². The van der Waals surface area contributed by atoms with Gasteiger partial charge >= 0.3 is 0 Å². The monoisotopic (exact) mass is 483 g/mol. The minimum absolute atomic E-state index is 0.0934. The molecule has 1 amide bonds. The number of hydrogen-bond donors (Lipinski definition) is 1. The second kappa shape index (κ2) is 10.2. The molecule has 1 aromatic heterocycles. The van der Waals surface area contributed by atoms with Gasteiger partial charge in [-0.25, -0.2) is 4.98 Å². The number of ether oxygens (including phenoxy) is 2. The molecular formula is C28H25N3O3S. The average molecular weight is 484 g/mol. The second-order valence-corrected chi connectivity index (χ2v) is 9.10. The number of thioether (sulfide) groups is 1. The predicted molar refractivity (Wildman–Crippen MR) is 138 cm³/mol. The summed E-state index contributed by atoms with van der Waals surface area (Å²) in [5.74, 6) is 2.86. The molecule has 0 spiro atoms. The molecule has 1 aliphatic rings. The van der Waals surface area contributed by atoms with Crippen LogP contribution in [0.4, 0.5) is 5.69 Å². The minimum Gasteiger partial charge on any atom is -0.494 e. The maximum atomic E-state index is 12.6. The molecule has 0 fully saturated rings. The van der Waals surface area contributed by atoms with Crippen LogP contribution >= 0.6 is 11.8 Å². The molecule has 4 aromatic rings. The molecule has 1 N–H and O–H groups in total. The lowest BCUT2D eigenvalue weighted by Gasteiger charge is -2.23. The normalized spacial score (nSPS) is 11.7. The number of hydrogen-bond acceptors (Lipinski definition) is 6. The van der Waals surface area contributed by atoms with Gasteiger partial charge in [-0.3, -0.25) is 4.79 Å². The van der Waals surface area contributed by atoms with E-state index in [-0.39, 0.29) is 11.7 Å². The summed E-state index contributed by atoms with van der Waals surface area (Å²) in [4.78, 5) is 22.3. The van der Waals surface area contributed by atoms with Gasteiger partial charge in [-0.15, -0.1) is 0 Å². The number of nitrogens with zero attached hydrogens (tertiary/aromatic N) is 2. The van der Waals surface area contributed by atoms with E-state index < -0.39 is 0 Å². The van der Waals surface area contributed by atoms with Gasteiger partial charge in [0.2, 0.25) is 11.8 Å². The van der Waals surface area contributed by atoms with E-state index in [0.717, 1.165) is 44.5 Å². The summed E-state index contributed by atoms with van der Waals surface area (Å²) in [6.07, 6.45) is 0.651. The Morgan fingerprint density at radius 2 is 1.83 bits per heavy atom.